The second-order valence-corrected chi connectivity index (χ2v) is 6.50. The van der Waals surface area contributed by atoms with Crippen LogP contribution in [0.5, 0.6) is 0 Å². The summed E-state index contributed by atoms with van der Waals surface area (Å²) in [5.41, 5.74) is 0. The predicted octanol–water partition coefficient (Wildman–Crippen LogP) is 3.36. The fourth-order valence-corrected chi connectivity index (χ4v) is 1.82. The predicted molar refractivity (Wildman–Crippen MR) is 53.9 cm³/mol. The maximum atomic E-state index is 10.7. The number of rotatable bonds is 4. The molecular weight excluding hydrogens is 234 g/mol. The summed E-state index contributed by atoms with van der Waals surface area (Å²) in [4.78, 5) is 0. The summed E-state index contributed by atoms with van der Waals surface area (Å²) >= 11 is 10.4. The van der Waals surface area contributed by atoms with Crippen LogP contribution in [0.3, 0.4) is 0 Å². The Morgan fingerprint density at radius 2 is 2.15 bits per heavy atom. The number of halogens is 2. The number of hydrogen-bond acceptors (Lipinski definition) is 3. The van der Waals surface area contributed by atoms with Gasteiger partial charge in [-0.05, 0) is 29.4 Å². The third kappa shape index (κ3) is 10.0. The van der Waals surface area contributed by atoms with E-state index in [2.05, 4.69) is 12.0 Å². The van der Waals surface area contributed by atoms with Gasteiger partial charge in [0.2, 0.25) is 0 Å². The summed E-state index contributed by atoms with van der Waals surface area (Å²) in [6.45, 7) is 3.74. The third-order valence-corrected chi connectivity index (χ3v) is 2.03. The summed E-state index contributed by atoms with van der Waals surface area (Å²) < 4.78 is 20.3. The molecular formula is C7H11Cl2O3P. The largest absolute Gasteiger partial charge is 0.444 e. The lowest BCUT2D eigenvalue weighted by molar-refractivity contribution is 0.135. The molecule has 0 aromatic carbocycles. The molecule has 0 aromatic rings. The van der Waals surface area contributed by atoms with Gasteiger partial charge in [0.15, 0.2) is 0 Å². The van der Waals surface area contributed by atoms with Crippen LogP contribution in [0.1, 0.15) is 20.3 Å². The summed E-state index contributed by atoms with van der Waals surface area (Å²) in [7, 11) is 0. The third-order valence-electron chi connectivity index (χ3n) is 0.942. The zero-order valence-corrected chi connectivity index (χ0v) is 9.83. The lowest BCUT2D eigenvalue weighted by Gasteiger charge is -2.10. The molecule has 1 unspecified atom stereocenters. The lowest BCUT2D eigenvalue weighted by Crippen LogP contribution is -2.10. The van der Waals surface area contributed by atoms with Gasteiger partial charge in [-0.25, -0.2) is 0 Å². The first-order valence-corrected chi connectivity index (χ1v) is 7.16. The molecule has 0 radical (unpaired) electrons. The Hall–Kier alpha value is 0.130. The van der Waals surface area contributed by atoms with Gasteiger partial charge >= 0.3 is 6.07 Å². The normalized spacial score (nSPS) is 12.9. The molecule has 0 spiro atoms. The summed E-state index contributed by atoms with van der Waals surface area (Å²) in [5.74, 6) is 2.70. The number of ether oxygens (including phenoxy) is 1. The lowest BCUT2D eigenvalue weighted by atomic mass is 10.4. The van der Waals surface area contributed by atoms with Gasteiger partial charge in [-0.1, -0.05) is 12.8 Å². The molecule has 0 bridgehead atoms. The molecule has 0 aliphatic heterocycles. The first kappa shape index (κ1) is 13.1. The summed E-state index contributed by atoms with van der Waals surface area (Å²) in [5, 5.41) is 0. The van der Waals surface area contributed by atoms with Crippen LogP contribution in [0.25, 0.3) is 0 Å². The van der Waals surface area contributed by atoms with Crippen LogP contribution in [0, 0.1) is 12.0 Å². The fraction of sp³-hybridized carbons (Fsp3) is 0.714. The van der Waals surface area contributed by atoms with E-state index < -0.39 is 12.2 Å². The van der Waals surface area contributed by atoms with Crippen molar-refractivity contribution in [3.05, 3.63) is 0 Å². The highest BCUT2D eigenvalue weighted by Gasteiger charge is 2.18. The highest BCUT2D eigenvalue weighted by atomic mass is 35.9. The van der Waals surface area contributed by atoms with Crippen molar-refractivity contribution in [1.29, 1.82) is 0 Å². The second kappa shape index (κ2) is 6.56. The number of hydrogen-bond donors (Lipinski definition) is 0. The van der Waals surface area contributed by atoms with E-state index in [1.54, 1.807) is 6.92 Å². The van der Waals surface area contributed by atoms with E-state index in [0.29, 0.717) is 0 Å². The molecule has 0 aromatic heterocycles. The molecule has 0 amide bonds. The van der Waals surface area contributed by atoms with E-state index in [0.717, 1.165) is 6.42 Å². The van der Waals surface area contributed by atoms with Crippen LogP contribution in [0.15, 0.2) is 0 Å². The van der Waals surface area contributed by atoms with Crippen molar-refractivity contribution >= 4 is 28.6 Å². The smallest absolute Gasteiger partial charge is 0.380 e. The summed E-state index contributed by atoms with van der Waals surface area (Å²) in [6.07, 6.45) is -0.732. The van der Waals surface area contributed by atoms with Crippen molar-refractivity contribution in [2.24, 2.45) is 0 Å². The van der Waals surface area contributed by atoms with Crippen molar-refractivity contribution in [3.8, 4) is 12.0 Å². The van der Waals surface area contributed by atoms with Crippen LogP contribution in [-0.2, 0) is 13.8 Å². The zero-order chi connectivity index (χ0) is 10.3. The van der Waals surface area contributed by atoms with Crippen LogP contribution >= 0.6 is 28.6 Å². The Morgan fingerprint density at radius 1 is 1.54 bits per heavy atom. The molecule has 0 aliphatic rings. The van der Waals surface area contributed by atoms with Crippen molar-refractivity contribution in [1.82, 2.24) is 0 Å². The minimum atomic E-state index is -3.46. The van der Waals surface area contributed by atoms with Crippen LogP contribution in [-0.4, -0.2) is 12.7 Å². The molecule has 0 fully saturated rings. The Morgan fingerprint density at radius 3 is 2.62 bits per heavy atom. The van der Waals surface area contributed by atoms with Crippen molar-refractivity contribution in [2.45, 2.75) is 26.4 Å². The van der Waals surface area contributed by atoms with E-state index in [9.17, 15) is 4.57 Å². The van der Waals surface area contributed by atoms with Crippen LogP contribution in [0.2, 0.25) is 0 Å². The molecule has 13 heavy (non-hydrogen) atoms. The van der Waals surface area contributed by atoms with Crippen LogP contribution < -0.4 is 0 Å². The van der Waals surface area contributed by atoms with Gasteiger partial charge < -0.3 is 4.74 Å². The molecule has 0 saturated carbocycles. The molecule has 0 saturated heterocycles. The highest BCUT2D eigenvalue weighted by molar-refractivity contribution is 8.05. The van der Waals surface area contributed by atoms with Crippen LogP contribution in [0.4, 0.5) is 0 Å². The molecule has 0 aliphatic carbocycles. The van der Waals surface area contributed by atoms with E-state index >= 15 is 0 Å². The van der Waals surface area contributed by atoms with Gasteiger partial charge in [-0.15, -0.1) is 0 Å². The topological polar surface area (TPSA) is 35.5 Å². The standard InChI is InChI=1S/C7H11Cl2O3P/c1-3-4-5-11-6-7(2)12-13(8,9)10/h7H,3,6H2,1-2H3. The molecule has 6 heteroatoms. The zero-order valence-electron chi connectivity index (χ0n) is 7.42. The minimum absolute atomic E-state index is 0.191. The minimum Gasteiger partial charge on any atom is -0.444 e. The molecule has 0 N–H and O–H groups in total. The molecule has 0 heterocycles. The summed E-state index contributed by atoms with van der Waals surface area (Å²) in [6, 6.07) is 0. The van der Waals surface area contributed by atoms with E-state index in [1.165, 1.54) is 0 Å². The fourth-order valence-electron chi connectivity index (χ4n) is 0.522. The van der Waals surface area contributed by atoms with Gasteiger partial charge in [-0.2, -0.15) is 0 Å². The van der Waals surface area contributed by atoms with E-state index in [4.69, 9.17) is 31.7 Å². The maximum Gasteiger partial charge on any atom is 0.380 e. The molecule has 76 valence electrons. The van der Waals surface area contributed by atoms with Gasteiger partial charge in [0.05, 0.1) is 6.10 Å². The van der Waals surface area contributed by atoms with E-state index in [-0.39, 0.29) is 6.61 Å². The first-order valence-electron chi connectivity index (χ1n) is 3.73. The quantitative estimate of drug-likeness (QED) is 0.562. The van der Waals surface area contributed by atoms with Gasteiger partial charge in [0.25, 0.3) is 0 Å². The van der Waals surface area contributed by atoms with Crippen molar-refractivity contribution in [2.75, 3.05) is 6.61 Å². The molecule has 3 nitrogen and oxygen atoms in total. The monoisotopic (exact) mass is 244 g/mol. The van der Waals surface area contributed by atoms with Crippen molar-refractivity contribution < 1.29 is 13.8 Å². The second-order valence-electron chi connectivity index (χ2n) is 2.27. The average molecular weight is 245 g/mol. The molecule has 1 atom stereocenters. The maximum absolute atomic E-state index is 10.7. The Labute approximate surface area is 87.7 Å². The van der Waals surface area contributed by atoms with Gasteiger partial charge in [-0.3, -0.25) is 9.09 Å². The average Bonchev–Trinajstić information content (AvgIpc) is 1.94. The first-order chi connectivity index (χ1) is 5.95. The Bertz CT molecular complexity index is 240. The van der Waals surface area contributed by atoms with Crippen molar-refractivity contribution in [3.63, 3.8) is 0 Å². The van der Waals surface area contributed by atoms with E-state index in [1.807, 2.05) is 6.92 Å². The Kier molecular flexibility index (Phi) is 6.63. The Balaban J connectivity index is 3.64. The SMILES string of the molecule is CCC#COCC(C)OP(=O)(Cl)Cl. The molecule has 0 rings (SSSR count). The van der Waals surface area contributed by atoms with Gasteiger partial charge in [0.1, 0.15) is 12.7 Å². The van der Waals surface area contributed by atoms with Gasteiger partial charge in [0, 0.05) is 6.42 Å². The highest BCUT2D eigenvalue weighted by Crippen LogP contribution is 2.58.